The fourth-order valence-electron chi connectivity index (χ4n) is 2.90. The van der Waals surface area contributed by atoms with Crippen molar-refractivity contribution in [2.24, 2.45) is 0 Å². The molecule has 26 heavy (non-hydrogen) atoms. The molecule has 0 aliphatic carbocycles. The summed E-state index contributed by atoms with van der Waals surface area (Å²) in [6, 6.07) is 24.3. The van der Waals surface area contributed by atoms with Crippen LogP contribution in [-0.2, 0) is 12.2 Å². The average Bonchev–Trinajstić information content (AvgIpc) is 2.69. The Morgan fingerprint density at radius 3 is 2.42 bits per heavy atom. The van der Waals surface area contributed by atoms with Gasteiger partial charge in [-0.2, -0.15) is 0 Å². The molecule has 0 unspecified atom stereocenters. The van der Waals surface area contributed by atoms with Crippen molar-refractivity contribution in [3.63, 3.8) is 0 Å². The molecule has 3 aromatic carbocycles. The minimum Gasteiger partial charge on any atom is -0.321 e. The summed E-state index contributed by atoms with van der Waals surface area (Å²) in [6.07, 6.45) is 0.891. The van der Waals surface area contributed by atoms with Crippen LogP contribution in [0.2, 0.25) is 0 Å². The molecule has 0 aliphatic heterocycles. The number of anilines is 1. The van der Waals surface area contributed by atoms with E-state index in [4.69, 9.17) is 0 Å². The number of rotatable bonds is 6. The van der Waals surface area contributed by atoms with Crippen LogP contribution in [0.4, 0.5) is 5.69 Å². The van der Waals surface area contributed by atoms with E-state index >= 15 is 0 Å². The van der Waals surface area contributed by atoms with E-state index in [2.05, 4.69) is 30.4 Å². The van der Waals surface area contributed by atoms with Crippen LogP contribution in [0.1, 0.15) is 34.0 Å². The Morgan fingerprint density at radius 2 is 1.65 bits per heavy atom. The number of nitrogens with one attached hydrogen (secondary N) is 1. The van der Waals surface area contributed by atoms with E-state index in [1.165, 1.54) is 5.56 Å². The van der Waals surface area contributed by atoms with Gasteiger partial charge in [0, 0.05) is 16.3 Å². The van der Waals surface area contributed by atoms with Crippen LogP contribution >= 0.6 is 11.8 Å². The maximum absolute atomic E-state index is 12.9. The highest BCUT2D eigenvalue weighted by molar-refractivity contribution is 7.98. The van der Waals surface area contributed by atoms with Gasteiger partial charge in [0.05, 0.1) is 5.56 Å². The van der Waals surface area contributed by atoms with Crippen molar-refractivity contribution in [1.82, 2.24) is 0 Å². The molecule has 1 N–H and O–H groups in total. The highest BCUT2D eigenvalue weighted by Crippen LogP contribution is 2.28. The standard InChI is InChI=1S/C23H23NOS/c1-3-19-13-9-10-17(2)22(19)24-23(25)20-14-7-8-15-21(20)26-16-18-11-5-4-6-12-18/h4-15H,3,16H2,1-2H3,(H,24,25). The molecule has 0 bridgehead atoms. The number of hydrogen-bond acceptors (Lipinski definition) is 2. The smallest absolute Gasteiger partial charge is 0.256 e. The zero-order valence-electron chi connectivity index (χ0n) is 15.2. The van der Waals surface area contributed by atoms with Crippen LogP contribution in [0.5, 0.6) is 0 Å². The number of para-hydroxylation sites is 1. The van der Waals surface area contributed by atoms with Gasteiger partial charge in [-0.05, 0) is 42.2 Å². The van der Waals surface area contributed by atoms with E-state index in [9.17, 15) is 4.79 Å². The van der Waals surface area contributed by atoms with E-state index in [1.807, 2.05) is 61.5 Å². The fourth-order valence-corrected chi connectivity index (χ4v) is 3.90. The highest BCUT2D eigenvalue weighted by Gasteiger charge is 2.14. The Hall–Kier alpha value is -2.52. The zero-order valence-corrected chi connectivity index (χ0v) is 16.0. The lowest BCUT2D eigenvalue weighted by Gasteiger charge is -2.14. The van der Waals surface area contributed by atoms with Crippen LogP contribution < -0.4 is 5.32 Å². The fraction of sp³-hybridized carbons (Fsp3) is 0.174. The molecule has 0 radical (unpaired) electrons. The van der Waals surface area contributed by atoms with Crippen molar-refractivity contribution in [1.29, 1.82) is 0 Å². The summed E-state index contributed by atoms with van der Waals surface area (Å²) in [4.78, 5) is 13.9. The lowest BCUT2D eigenvalue weighted by molar-refractivity contribution is 0.102. The first-order valence-electron chi connectivity index (χ1n) is 8.84. The maximum Gasteiger partial charge on any atom is 0.256 e. The predicted octanol–water partition coefficient (Wildman–Crippen LogP) is 6.10. The van der Waals surface area contributed by atoms with Gasteiger partial charge in [0.1, 0.15) is 0 Å². The third-order valence-electron chi connectivity index (χ3n) is 4.35. The normalized spacial score (nSPS) is 10.5. The van der Waals surface area contributed by atoms with Crippen LogP contribution in [-0.4, -0.2) is 5.91 Å². The van der Waals surface area contributed by atoms with Gasteiger partial charge >= 0.3 is 0 Å². The topological polar surface area (TPSA) is 29.1 Å². The van der Waals surface area contributed by atoms with Crippen molar-refractivity contribution in [3.8, 4) is 0 Å². The summed E-state index contributed by atoms with van der Waals surface area (Å²) in [7, 11) is 0. The van der Waals surface area contributed by atoms with E-state index in [-0.39, 0.29) is 5.91 Å². The predicted molar refractivity (Wildman–Crippen MR) is 111 cm³/mol. The van der Waals surface area contributed by atoms with Crippen molar-refractivity contribution in [3.05, 3.63) is 95.1 Å². The first-order chi connectivity index (χ1) is 12.7. The van der Waals surface area contributed by atoms with Crippen LogP contribution in [0.25, 0.3) is 0 Å². The molecule has 1 amide bonds. The third kappa shape index (κ3) is 4.36. The second kappa shape index (κ2) is 8.72. The summed E-state index contributed by atoms with van der Waals surface area (Å²) >= 11 is 1.69. The van der Waals surface area contributed by atoms with Gasteiger partial charge in [0.15, 0.2) is 0 Å². The second-order valence-corrected chi connectivity index (χ2v) is 7.20. The average molecular weight is 362 g/mol. The number of amides is 1. The Labute approximate surface area is 159 Å². The molecule has 0 fully saturated rings. The second-order valence-electron chi connectivity index (χ2n) is 6.19. The molecule has 0 spiro atoms. The molecular formula is C23H23NOS. The Balaban J connectivity index is 1.80. The van der Waals surface area contributed by atoms with E-state index in [1.54, 1.807) is 11.8 Å². The minimum absolute atomic E-state index is 0.0508. The molecule has 0 saturated carbocycles. The molecule has 0 heterocycles. The maximum atomic E-state index is 12.9. The molecule has 132 valence electrons. The Bertz CT molecular complexity index is 890. The van der Waals surface area contributed by atoms with E-state index < -0.39 is 0 Å². The molecule has 3 heteroatoms. The SMILES string of the molecule is CCc1cccc(C)c1NC(=O)c1ccccc1SCc1ccccc1. The third-order valence-corrected chi connectivity index (χ3v) is 5.49. The molecule has 0 aromatic heterocycles. The molecule has 0 atom stereocenters. The molecule has 0 saturated heterocycles. The number of benzene rings is 3. The molecule has 3 aromatic rings. The lowest BCUT2D eigenvalue weighted by atomic mass is 10.1. The molecule has 2 nitrogen and oxygen atoms in total. The minimum atomic E-state index is -0.0508. The van der Waals surface area contributed by atoms with E-state index in [0.717, 1.165) is 39.4 Å². The van der Waals surface area contributed by atoms with Gasteiger partial charge < -0.3 is 5.32 Å². The van der Waals surface area contributed by atoms with Gasteiger partial charge in [-0.3, -0.25) is 4.79 Å². The summed E-state index contributed by atoms with van der Waals surface area (Å²) < 4.78 is 0. The molecule has 3 rings (SSSR count). The van der Waals surface area contributed by atoms with Gasteiger partial charge in [-0.25, -0.2) is 0 Å². The van der Waals surface area contributed by atoms with E-state index in [0.29, 0.717) is 0 Å². The van der Waals surface area contributed by atoms with Crippen LogP contribution in [0, 0.1) is 6.92 Å². The number of thioether (sulfide) groups is 1. The number of aryl methyl sites for hydroxylation is 2. The summed E-state index contributed by atoms with van der Waals surface area (Å²) in [5.41, 5.74) is 5.15. The van der Waals surface area contributed by atoms with Crippen molar-refractivity contribution < 1.29 is 4.79 Å². The Morgan fingerprint density at radius 1 is 0.923 bits per heavy atom. The summed E-state index contributed by atoms with van der Waals surface area (Å²) in [5, 5.41) is 3.13. The lowest BCUT2D eigenvalue weighted by Crippen LogP contribution is -2.15. The number of carbonyl (C=O) groups excluding carboxylic acids is 1. The van der Waals surface area contributed by atoms with Crippen molar-refractivity contribution in [2.75, 3.05) is 5.32 Å². The largest absolute Gasteiger partial charge is 0.321 e. The summed E-state index contributed by atoms with van der Waals surface area (Å²) in [5.74, 6) is 0.792. The molecular weight excluding hydrogens is 338 g/mol. The number of hydrogen-bond donors (Lipinski definition) is 1. The van der Waals surface area contributed by atoms with Gasteiger partial charge in [0.2, 0.25) is 0 Å². The zero-order chi connectivity index (χ0) is 18.4. The van der Waals surface area contributed by atoms with Crippen molar-refractivity contribution >= 4 is 23.4 Å². The van der Waals surface area contributed by atoms with Crippen LogP contribution in [0.15, 0.2) is 77.7 Å². The summed E-state index contributed by atoms with van der Waals surface area (Å²) in [6.45, 7) is 4.14. The van der Waals surface area contributed by atoms with Gasteiger partial charge in [-0.1, -0.05) is 67.6 Å². The van der Waals surface area contributed by atoms with Gasteiger partial charge in [0.25, 0.3) is 5.91 Å². The number of carbonyl (C=O) groups is 1. The quantitative estimate of drug-likeness (QED) is 0.537. The molecule has 0 aliphatic rings. The Kier molecular flexibility index (Phi) is 6.13. The first kappa shape index (κ1) is 18.3. The van der Waals surface area contributed by atoms with Gasteiger partial charge in [-0.15, -0.1) is 11.8 Å². The van der Waals surface area contributed by atoms with Crippen LogP contribution in [0.3, 0.4) is 0 Å². The highest BCUT2D eigenvalue weighted by atomic mass is 32.2. The van der Waals surface area contributed by atoms with Crippen molar-refractivity contribution in [2.45, 2.75) is 30.9 Å². The monoisotopic (exact) mass is 361 g/mol. The first-order valence-corrected chi connectivity index (χ1v) is 9.83.